The molecule has 7 nitrogen and oxygen atoms in total. The first-order valence-corrected chi connectivity index (χ1v) is 10.4. The molecule has 0 amide bonds. The third kappa shape index (κ3) is 3.32. The molecule has 0 spiro atoms. The van der Waals surface area contributed by atoms with Gasteiger partial charge in [0, 0.05) is 0 Å². The molecular formula is C21H29N5O2. The molecule has 28 heavy (non-hydrogen) atoms. The zero-order valence-electron chi connectivity index (χ0n) is 16.8. The van der Waals surface area contributed by atoms with Crippen LogP contribution in [0.25, 0.3) is 5.69 Å². The predicted octanol–water partition coefficient (Wildman–Crippen LogP) is 3.34. The van der Waals surface area contributed by atoms with Crippen molar-refractivity contribution >= 4 is 5.97 Å². The molecule has 2 aliphatic rings. The lowest BCUT2D eigenvalue weighted by Crippen LogP contribution is -2.52. The zero-order valence-corrected chi connectivity index (χ0v) is 16.8. The highest BCUT2D eigenvalue weighted by Crippen LogP contribution is 2.44. The Bertz CT molecular complexity index is 820. The lowest BCUT2D eigenvalue weighted by Gasteiger charge is -2.48. The van der Waals surface area contributed by atoms with E-state index in [4.69, 9.17) is 4.74 Å². The SMILES string of the molecule is COC(=O)c1ccccc1-n1nnnc1C1(N2CCCCC2)CCC(C)CC1. The van der Waals surface area contributed by atoms with Crippen LogP contribution in [0.15, 0.2) is 24.3 Å². The minimum absolute atomic E-state index is 0.167. The van der Waals surface area contributed by atoms with E-state index in [0.29, 0.717) is 11.3 Å². The van der Waals surface area contributed by atoms with E-state index in [1.807, 2.05) is 18.2 Å². The Balaban J connectivity index is 1.81. The summed E-state index contributed by atoms with van der Waals surface area (Å²) in [6.45, 7) is 4.50. The molecule has 2 fully saturated rings. The number of benzene rings is 1. The number of hydrogen-bond acceptors (Lipinski definition) is 6. The largest absolute Gasteiger partial charge is 0.465 e. The average molecular weight is 383 g/mol. The molecule has 1 aromatic carbocycles. The Morgan fingerprint density at radius 3 is 2.57 bits per heavy atom. The lowest BCUT2D eigenvalue weighted by atomic mass is 9.74. The van der Waals surface area contributed by atoms with Crippen LogP contribution in [0.2, 0.25) is 0 Å². The van der Waals surface area contributed by atoms with Crippen molar-refractivity contribution in [2.24, 2.45) is 5.92 Å². The second kappa shape index (κ2) is 7.99. The number of rotatable bonds is 4. The number of para-hydroxylation sites is 1. The van der Waals surface area contributed by atoms with E-state index in [9.17, 15) is 4.79 Å². The third-order valence-electron chi connectivity index (χ3n) is 6.49. The van der Waals surface area contributed by atoms with Crippen molar-refractivity contribution < 1.29 is 9.53 Å². The van der Waals surface area contributed by atoms with E-state index < -0.39 is 0 Å². The van der Waals surface area contributed by atoms with Gasteiger partial charge in [-0.05, 0) is 80.1 Å². The fraction of sp³-hybridized carbons (Fsp3) is 0.619. The first-order valence-electron chi connectivity index (χ1n) is 10.4. The van der Waals surface area contributed by atoms with Gasteiger partial charge in [-0.25, -0.2) is 4.79 Å². The Kier molecular flexibility index (Phi) is 5.44. The fourth-order valence-electron chi connectivity index (χ4n) is 4.82. The molecule has 150 valence electrons. The van der Waals surface area contributed by atoms with Crippen LogP contribution in [0, 0.1) is 5.92 Å². The first-order chi connectivity index (χ1) is 13.7. The summed E-state index contributed by atoms with van der Waals surface area (Å²) in [6, 6.07) is 7.40. The number of esters is 1. The number of hydrogen-bond donors (Lipinski definition) is 0. The summed E-state index contributed by atoms with van der Waals surface area (Å²) < 4.78 is 6.76. The molecule has 0 N–H and O–H groups in total. The maximum Gasteiger partial charge on any atom is 0.340 e. The summed E-state index contributed by atoms with van der Waals surface area (Å²) in [5, 5.41) is 12.9. The molecule has 2 heterocycles. The highest BCUT2D eigenvalue weighted by Gasteiger charge is 2.45. The van der Waals surface area contributed by atoms with E-state index in [1.165, 1.54) is 39.2 Å². The Hall–Kier alpha value is -2.28. The standard InChI is InChI=1S/C21H29N5O2/c1-16-10-12-21(13-11-16,25-14-6-3-7-15-25)20-22-23-24-26(20)18-9-5-4-8-17(18)19(27)28-2/h4-5,8-9,16H,3,6-7,10-15H2,1-2H3. The Morgan fingerprint density at radius 2 is 1.86 bits per heavy atom. The van der Waals surface area contributed by atoms with Gasteiger partial charge in [0.2, 0.25) is 0 Å². The highest BCUT2D eigenvalue weighted by molar-refractivity contribution is 5.93. The molecule has 1 aliphatic carbocycles. The summed E-state index contributed by atoms with van der Waals surface area (Å²) in [4.78, 5) is 14.9. The number of nitrogens with zero attached hydrogens (tertiary/aromatic N) is 5. The molecule has 1 saturated heterocycles. The van der Waals surface area contributed by atoms with Crippen LogP contribution in [0.3, 0.4) is 0 Å². The van der Waals surface area contributed by atoms with Gasteiger partial charge in [0.1, 0.15) is 0 Å². The van der Waals surface area contributed by atoms with E-state index in [2.05, 4.69) is 27.3 Å². The van der Waals surface area contributed by atoms with Gasteiger partial charge in [-0.2, -0.15) is 4.68 Å². The quantitative estimate of drug-likeness (QED) is 0.754. The number of aromatic nitrogens is 4. The molecule has 0 bridgehead atoms. The van der Waals surface area contributed by atoms with Gasteiger partial charge >= 0.3 is 5.97 Å². The Labute approximate surface area is 166 Å². The summed E-state index contributed by atoms with van der Waals surface area (Å²) in [7, 11) is 1.40. The van der Waals surface area contributed by atoms with Crippen molar-refractivity contribution in [1.82, 2.24) is 25.1 Å². The molecule has 0 radical (unpaired) electrons. The van der Waals surface area contributed by atoms with Gasteiger partial charge in [0.25, 0.3) is 0 Å². The van der Waals surface area contributed by atoms with Gasteiger partial charge in [-0.3, -0.25) is 4.90 Å². The molecule has 2 aromatic rings. The van der Waals surface area contributed by atoms with E-state index in [0.717, 1.165) is 37.7 Å². The van der Waals surface area contributed by atoms with Crippen molar-refractivity contribution in [2.75, 3.05) is 20.2 Å². The normalized spacial score (nSPS) is 26.1. The van der Waals surface area contributed by atoms with Crippen LogP contribution in [0.5, 0.6) is 0 Å². The molecular weight excluding hydrogens is 354 g/mol. The second-order valence-electron chi connectivity index (χ2n) is 8.18. The van der Waals surface area contributed by atoms with Gasteiger partial charge in [-0.15, -0.1) is 5.10 Å². The number of methoxy groups -OCH3 is 1. The minimum Gasteiger partial charge on any atom is -0.465 e. The van der Waals surface area contributed by atoms with E-state index >= 15 is 0 Å². The second-order valence-corrected chi connectivity index (χ2v) is 8.18. The lowest BCUT2D eigenvalue weighted by molar-refractivity contribution is 0.0109. The zero-order chi connectivity index (χ0) is 19.6. The van der Waals surface area contributed by atoms with E-state index in [1.54, 1.807) is 10.7 Å². The summed E-state index contributed by atoms with van der Waals surface area (Å²) in [5.41, 5.74) is 1.00. The number of ether oxygens (including phenoxy) is 1. The molecule has 4 rings (SSSR count). The maximum absolute atomic E-state index is 12.3. The molecule has 1 aliphatic heterocycles. The van der Waals surface area contributed by atoms with Crippen LogP contribution in [0.4, 0.5) is 0 Å². The third-order valence-corrected chi connectivity index (χ3v) is 6.49. The topological polar surface area (TPSA) is 73.1 Å². The highest BCUT2D eigenvalue weighted by atomic mass is 16.5. The summed E-state index contributed by atoms with van der Waals surface area (Å²) in [5.74, 6) is 1.21. The minimum atomic E-state index is -0.374. The monoisotopic (exact) mass is 383 g/mol. The molecule has 7 heteroatoms. The molecule has 0 unspecified atom stereocenters. The molecule has 0 atom stereocenters. The van der Waals surface area contributed by atoms with Crippen LogP contribution < -0.4 is 0 Å². The van der Waals surface area contributed by atoms with Crippen molar-refractivity contribution in [3.8, 4) is 5.69 Å². The smallest absolute Gasteiger partial charge is 0.340 e. The average Bonchev–Trinajstić information content (AvgIpc) is 3.25. The first kappa shape index (κ1) is 19.1. The van der Waals surface area contributed by atoms with Gasteiger partial charge in [0.15, 0.2) is 5.82 Å². The van der Waals surface area contributed by atoms with E-state index in [-0.39, 0.29) is 11.5 Å². The number of piperidine rings is 1. The number of likely N-dealkylation sites (tertiary alicyclic amines) is 1. The predicted molar refractivity (Wildman–Crippen MR) is 105 cm³/mol. The number of carbonyl (C=O) groups is 1. The van der Waals surface area contributed by atoms with Gasteiger partial charge in [-0.1, -0.05) is 25.5 Å². The van der Waals surface area contributed by atoms with Crippen LogP contribution in [-0.4, -0.2) is 51.3 Å². The van der Waals surface area contributed by atoms with Gasteiger partial charge in [0.05, 0.1) is 23.9 Å². The number of tetrazole rings is 1. The Morgan fingerprint density at radius 1 is 1.14 bits per heavy atom. The molecule has 1 saturated carbocycles. The van der Waals surface area contributed by atoms with Gasteiger partial charge < -0.3 is 4.74 Å². The number of carbonyl (C=O) groups excluding carboxylic acids is 1. The van der Waals surface area contributed by atoms with Crippen LogP contribution in [-0.2, 0) is 10.3 Å². The van der Waals surface area contributed by atoms with Crippen LogP contribution >= 0.6 is 0 Å². The van der Waals surface area contributed by atoms with Crippen LogP contribution in [0.1, 0.15) is 68.1 Å². The molecule has 1 aromatic heterocycles. The summed E-state index contributed by atoms with van der Waals surface area (Å²) >= 11 is 0. The van der Waals surface area contributed by atoms with Crippen molar-refractivity contribution in [2.45, 2.75) is 57.4 Å². The van der Waals surface area contributed by atoms with Crippen molar-refractivity contribution in [3.05, 3.63) is 35.7 Å². The fourth-order valence-corrected chi connectivity index (χ4v) is 4.82. The van der Waals surface area contributed by atoms with Crippen molar-refractivity contribution in [1.29, 1.82) is 0 Å². The van der Waals surface area contributed by atoms with Crippen molar-refractivity contribution in [3.63, 3.8) is 0 Å². The maximum atomic E-state index is 12.3. The summed E-state index contributed by atoms with van der Waals surface area (Å²) in [6.07, 6.45) is 8.17.